The number of anilines is 1. The van der Waals surface area contributed by atoms with Gasteiger partial charge in [0, 0.05) is 23.3 Å². The summed E-state index contributed by atoms with van der Waals surface area (Å²) in [4.78, 5) is 13.8. The lowest BCUT2D eigenvalue weighted by molar-refractivity contribution is -0.144. The molecule has 1 aromatic carbocycles. The maximum Gasteiger partial charge on any atom is 0.307 e. The minimum absolute atomic E-state index is 0.111. The molecule has 1 aromatic rings. The first kappa shape index (κ1) is 17.0. The van der Waals surface area contributed by atoms with Gasteiger partial charge in [-0.15, -0.1) is 0 Å². The maximum absolute atomic E-state index is 11.7. The van der Waals surface area contributed by atoms with Gasteiger partial charge < -0.3 is 15.0 Å². The number of carbonyl (C=O) groups excluding carboxylic acids is 1. The molecule has 1 aliphatic heterocycles. The lowest BCUT2D eigenvalue weighted by atomic mass is 10.00. The van der Waals surface area contributed by atoms with Crippen LogP contribution in [0.5, 0.6) is 0 Å². The minimum atomic E-state index is -0.159. The highest BCUT2D eigenvalue weighted by atomic mass is 35.5. The first-order valence-corrected chi connectivity index (χ1v) is 8.37. The number of thiocarbonyl (C=S) groups is 1. The van der Waals surface area contributed by atoms with Crippen molar-refractivity contribution in [2.45, 2.75) is 38.6 Å². The van der Waals surface area contributed by atoms with Gasteiger partial charge in [0.2, 0.25) is 0 Å². The van der Waals surface area contributed by atoms with E-state index in [4.69, 9.17) is 28.6 Å². The number of benzene rings is 1. The van der Waals surface area contributed by atoms with Crippen LogP contribution >= 0.6 is 23.8 Å². The SMILES string of the molecule is CCOC(=O)CC1CCCCN1C(=S)Nc1ccc(Cl)cc1. The van der Waals surface area contributed by atoms with Gasteiger partial charge in [-0.25, -0.2) is 0 Å². The topological polar surface area (TPSA) is 41.6 Å². The molecule has 120 valence electrons. The quantitative estimate of drug-likeness (QED) is 0.666. The molecule has 1 aliphatic rings. The zero-order chi connectivity index (χ0) is 15.9. The second kappa shape index (κ2) is 8.34. The van der Waals surface area contributed by atoms with Gasteiger partial charge in [0.15, 0.2) is 5.11 Å². The predicted octanol–water partition coefficient (Wildman–Crippen LogP) is 3.84. The summed E-state index contributed by atoms with van der Waals surface area (Å²) in [6, 6.07) is 7.52. The van der Waals surface area contributed by atoms with Gasteiger partial charge in [-0.1, -0.05) is 11.6 Å². The molecule has 0 bridgehead atoms. The van der Waals surface area contributed by atoms with Crippen LogP contribution in [0.25, 0.3) is 0 Å². The van der Waals surface area contributed by atoms with E-state index in [-0.39, 0.29) is 12.0 Å². The van der Waals surface area contributed by atoms with E-state index in [9.17, 15) is 4.79 Å². The molecule has 1 atom stereocenters. The van der Waals surface area contributed by atoms with E-state index in [0.717, 1.165) is 31.5 Å². The normalized spacial score (nSPS) is 17.9. The molecule has 2 rings (SSSR count). The first-order chi connectivity index (χ1) is 10.6. The van der Waals surface area contributed by atoms with Crippen LogP contribution in [0.4, 0.5) is 5.69 Å². The molecule has 0 saturated carbocycles. The number of esters is 1. The van der Waals surface area contributed by atoms with Gasteiger partial charge in [0.05, 0.1) is 13.0 Å². The van der Waals surface area contributed by atoms with Crippen LogP contribution < -0.4 is 5.32 Å². The molecule has 1 saturated heterocycles. The predicted molar refractivity (Wildman–Crippen MR) is 93.3 cm³/mol. The molecular formula is C16H21ClN2O2S. The molecule has 1 heterocycles. The number of nitrogens with one attached hydrogen (secondary N) is 1. The zero-order valence-electron chi connectivity index (χ0n) is 12.7. The second-order valence-electron chi connectivity index (χ2n) is 5.29. The lowest BCUT2D eigenvalue weighted by Crippen LogP contribution is -2.46. The van der Waals surface area contributed by atoms with E-state index in [2.05, 4.69) is 10.2 Å². The Balaban J connectivity index is 1.98. The van der Waals surface area contributed by atoms with Crippen LogP contribution in [-0.2, 0) is 9.53 Å². The molecule has 1 unspecified atom stereocenters. The highest BCUT2D eigenvalue weighted by molar-refractivity contribution is 7.80. The van der Waals surface area contributed by atoms with Crippen molar-refractivity contribution < 1.29 is 9.53 Å². The number of hydrogen-bond donors (Lipinski definition) is 1. The van der Waals surface area contributed by atoms with E-state index in [1.165, 1.54) is 0 Å². The highest BCUT2D eigenvalue weighted by Gasteiger charge is 2.27. The molecule has 4 nitrogen and oxygen atoms in total. The largest absolute Gasteiger partial charge is 0.466 e. The smallest absolute Gasteiger partial charge is 0.307 e. The number of nitrogens with zero attached hydrogens (tertiary/aromatic N) is 1. The molecule has 0 aliphatic carbocycles. The van der Waals surface area contributed by atoms with Crippen LogP contribution in [0.3, 0.4) is 0 Å². The fourth-order valence-electron chi connectivity index (χ4n) is 2.62. The summed E-state index contributed by atoms with van der Waals surface area (Å²) in [6.45, 7) is 3.10. The number of ether oxygens (including phenoxy) is 1. The highest BCUT2D eigenvalue weighted by Crippen LogP contribution is 2.22. The van der Waals surface area contributed by atoms with Crippen molar-refractivity contribution in [1.29, 1.82) is 0 Å². The average Bonchev–Trinajstić information content (AvgIpc) is 2.50. The second-order valence-corrected chi connectivity index (χ2v) is 6.11. The third-order valence-electron chi connectivity index (χ3n) is 3.69. The van der Waals surface area contributed by atoms with Crippen molar-refractivity contribution in [1.82, 2.24) is 4.90 Å². The molecular weight excluding hydrogens is 320 g/mol. The number of hydrogen-bond acceptors (Lipinski definition) is 3. The number of likely N-dealkylation sites (tertiary alicyclic amines) is 1. The average molecular weight is 341 g/mol. The van der Waals surface area contributed by atoms with Gasteiger partial charge in [0.1, 0.15) is 0 Å². The summed E-state index contributed by atoms with van der Waals surface area (Å²) >= 11 is 11.4. The minimum Gasteiger partial charge on any atom is -0.466 e. The zero-order valence-corrected chi connectivity index (χ0v) is 14.3. The Labute approximate surface area is 141 Å². The summed E-state index contributed by atoms with van der Waals surface area (Å²) in [5.74, 6) is -0.159. The van der Waals surface area contributed by atoms with Crippen molar-refractivity contribution in [3.63, 3.8) is 0 Å². The summed E-state index contributed by atoms with van der Waals surface area (Å²) in [6.07, 6.45) is 3.55. The third-order valence-corrected chi connectivity index (χ3v) is 4.28. The van der Waals surface area contributed by atoms with Gasteiger partial charge in [-0.2, -0.15) is 0 Å². The van der Waals surface area contributed by atoms with Crippen LogP contribution in [0.2, 0.25) is 5.02 Å². The van der Waals surface area contributed by atoms with E-state index in [0.29, 0.717) is 23.2 Å². The summed E-state index contributed by atoms with van der Waals surface area (Å²) in [5, 5.41) is 4.56. The van der Waals surface area contributed by atoms with E-state index >= 15 is 0 Å². The van der Waals surface area contributed by atoms with Crippen molar-refractivity contribution in [3.05, 3.63) is 29.3 Å². The van der Waals surface area contributed by atoms with Gasteiger partial charge in [0.25, 0.3) is 0 Å². The lowest BCUT2D eigenvalue weighted by Gasteiger charge is -2.37. The Morgan fingerprint density at radius 2 is 2.14 bits per heavy atom. The van der Waals surface area contributed by atoms with Crippen LogP contribution in [0.15, 0.2) is 24.3 Å². The summed E-state index contributed by atoms with van der Waals surface area (Å²) in [5.41, 5.74) is 0.898. The van der Waals surface area contributed by atoms with Gasteiger partial charge in [-0.3, -0.25) is 4.79 Å². The monoisotopic (exact) mass is 340 g/mol. The number of carbonyl (C=O) groups is 1. The Hall–Kier alpha value is -1.33. The molecule has 0 aromatic heterocycles. The molecule has 22 heavy (non-hydrogen) atoms. The molecule has 6 heteroatoms. The van der Waals surface area contributed by atoms with Gasteiger partial charge >= 0.3 is 5.97 Å². The van der Waals surface area contributed by atoms with E-state index in [1.807, 2.05) is 31.2 Å². The number of piperidine rings is 1. The van der Waals surface area contributed by atoms with Crippen LogP contribution in [-0.4, -0.2) is 35.2 Å². The molecule has 1 N–H and O–H groups in total. The third kappa shape index (κ3) is 4.85. The van der Waals surface area contributed by atoms with Crippen molar-refractivity contribution in [2.24, 2.45) is 0 Å². The Morgan fingerprint density at radius 1 is 1.41 bits per heavy atom. The fraction of sp³-hybridized carbons (Fsp3) is 0.500. The standard InChI is InChI=1S/C16H21ClN2O2S/c1-2-21-15(20)11-14-5-3-4-10-19(14)16(22)18-13-8-6-12(17)7-9-13/h6-9,14H,2-5,10-11H2,1H3,(H,18,22). The molecule has 1 fully saturated rings. The Bertz CT molecular complexity index is 521. The number of rotatable bonds is 4. The van der Waals surface area contributed by atoms with Crippen LogP contribution in [0.1, 0.15) is 32.6 Å². The summed E-state index contributed by atoms with van der Waals surface area (Å²) < 4.78 is 5.06. The number of halogens is 1. The van der Waals surface area contributed by atoms with E-state index < -0.39 is 0 Å². The fourth-order valence-corrected chi connectivity index (χ4v) is 3.11. The van der Waals surface area contributed by atoms with Gasteiger partial charge in [-0.05, 0) is 62.7 Å². The van der Waals surface area contributed by atoms with Crippen molar-refractivity contribution in [3.8, 4) is 0 Å². The van der Waals surface area contributed by atoms with Crippen LogP contribution in [0, 0.1) is 0 Å². The Morgan fingerprint density at radius 3 is 2.82 bits per heavy atom. The van der Waals surface area contributed by atoms with Crippen molar-refractivity contribution >= 4 is 40.6 Å². The van der Waals surface area contributed by atoms with E-state index in [1.54, 1.807) is 0 Å². The first-order valence-electron chi connectivity index (χ1n) is 7.59. The maximum atomic E-state index is 11.7. The van der Waals surface area contributed by atoms with Crippen molar-refractivity contribution in [2.75, 3.05) is 18.5 Å². The molecule has 0 spiro atoms. The Kier molecular flexibility index (Phi) is 6.46. The summed E-state index contributed by atoms with van der Waals surface area (Å²) in [7, 11) is 0. The molecule has 0 amide bonds. The molecule has 0 radical (unpaired) electrons.